The van der Waals surface area contributed by atoms with Gasteiger partial charge in [-0.05, 0) is 13.0 Å². The molecule has 0 amide bonds. The van der Waals surface area contributed by atoms with Crippen LogP contribution in [-0.4, -0.2) is 6.61 Å². The number of nitrogens with one attached hydrogen (secondary N) is 1. The normalized spacial score (nSPS) is 10.4. The van der Waals surface area contributed by atoms with Gasteiger partial charge in [0.05, 0.1) is 12.3 Å². The van der Waals surface area contributed by atoms with Crippen LogP contribution in [0, 0.1) is 17.5 Å². The highest BCUT2D eigenvalue weighted by molar-refractivity contribution is 5.47. The second-order valence-corrected chi connectivity index (χ2v) is 4.14. The molecule has 0 aliphatic carbocycles. The summed E-state index contributed by atoms with van der Waals surface area (Å²) >= 11 is 0. The number of ether oxygens (including phenoxy) is 1. The number of hydrogen-bond acceptors (Lipinski definition) is 2. The molecule has 106 valence electrons. The minimum absolute atomic E-state index is 0.0878. The Morgan fingerprint density at radius 2 is 1.70 bits per heavy atom. The number of benzene rings is 2. The third-order valence-corrected chi connectivity index (χ3v) is 2.75. The molecule has 1 N–H and O–H groups in total. The lowest BCUT2D eigenvalue weighted by Gasteiger charge is -2.12. The number of rotatable bonds is 5. The maximum atomic E-state index is 13.5. The van der Waals surface area contributed by atoms with Gasteiger partial charge >= 0.3 is 0 Å². The molecule has 0 atom stereocenters. The Morgan fingerprint density at radius 3 is 2.45 bits per heavy atom. The standard InChI is InChI=1S/C15H14F3NO/c1-2-20-15-6-4-3-5-10(15)9-19-14-8-12(17)11(16)7-13(14)18/h3-8,19H,2,9H2,1H3. The molecule has 0 spiro atoms. The molecule has 0 heterocycles. The van der Waals surface area contributed by atoms with Gasteiger partial charge in [-0.25, -0.2) is 13.2 Å². The number of para-hydroxylation sites is 1. The van der Waals surface area contributed by atoms with E-state index in [1.807, 2.05) is 25.1 Å². The van der Waals surface area contributed by atoms with E-state index in [1.54, 1.807) is 6.07 Å². The zero-order valence-electron chi connectivity index (χ0n) is 10.9. The summed E-state index contributed by atoms with van der Waals surface area (Å²) in [5, 5.41) is 2.73. The van der Waals surface area contributed by atoms with Gasteiger partial charge in [0.2, 0.25) is 0 Å². The van der Waals surface area contributed by atoms with Gasteiger partial charge in [-0.1, -0.05) is 18.2 Å². The Kier molecular flexibility index (Phi) is 4.50. The second kappa shape index (κ2) is 6.32. The molecule has 0 unspecified atom stereocenters. The highest BCUT2D eigenvalue weighted by Crippen LogP contribution is 2.22. The van der Waals surface area contributed by atoms with Gasteiger partial charge in [-0.2, -0.15) is 0 Å². The van der Waals surface area contributed by atoms with Crippen LogP contribution in [0.5, 0.6) is 5.75 Å². The molecule has 0 aliphatic rings. The third-order valence-electron chi connectivity index (χ3n) is 2.75. The summed E-state index contributed by atoms with van der Waals surface area (Å²) in [5.74, 6) is -2.46. The van der Waals surface area contributed by atoms with E-state index in [1.165, 1.54) is 0 Å². The zero-order chi connectivity index (χ0) is 14.5. The highest BCUT2D eigenvalue weighted by atomic mass is 19.2. The molecule has 0 fully saturated rings. The minimum atomic E-state index is -1.21. The maximum absolute atomic E-state index is 13.5. The van der Waals surface area contributed by atoms with E-state index >= 15 is 0 Å². The molecule has 0 bridgehead atoms. The SMILES string of the molecule is CCOc1ccccc1CNc1cc(F)c(F)cc1F. The molecule has 2 rings (SSSR count). The van der Waals surface area contributed by atoms with Crippen LogP contribution in [0.2, 0.25) is 0 Å². The lowest BCUT2D eigenvalue weighted by atomic mass is 10.2. The van der Waals surface area contributed by atoms with E-state index in [4.69, 9.17) is 4.74 Å². The summed E-state index contributed by atoms with van der Waals surface area (Å²) in [7, 11) is 0. The zero-order valence-corrected chi connectivity index (χ0v) is 10.9. The molecule has 0 saturated carbocycles. The van der Waals surface area contributed by atoms with Crippen molar-refractivity contribution in [3.63, 3.8) is 0 Å². The van der Waals surface area contributed by atoms with Crippen molar-refractivity contribution in [3.05, 3.63) is 59.4 Å². The van der Waals surface area contributed by atoms with Crippen molar-refractivity contribution in [3.8, 4) is 5.75 Å². The smallest absolute Gasteiger partial charge is 0.161 e. The van der Waals surface area contributed by atoms with Gasteiger partial charge < -0.3 is 10.1 Å². The first kappa shape index (κ1) is 14.2. The Labute approximate surface area is 115 Å². The van der Waals surface area contributed by atoms with Gasteiger partial charge in [0.1, 0.15) is 11.6 Å². The quantitative estimate of drug-likeness (QED) is 0.833. The molecule has 20 heavy (non-hydrogen) atoms. The fourth-order valence-corrected chi connectivity index (χ4v) is 1.79. The summed E-state index contributed by atoms with van der Waals surface area (Å²) in [4.78, 5) is 0. The number of anilines is 1. The van der Waals surface area contributed by atoms with Gasteiger partial charge in [-0.15, -0.1) is 0 Å². The van der Waals surface area contributed by atoms with Crippen molar-refractivity contribution in [2.24, 2.45) is 0 Å². The Hall–Kier alpha value is -2.17. The number of hydrogen-bond donors (Lipinski definition) is 1. The Bertz CT molecular complexity index is 602. The van der Waals surface area contributed by atoms with Gasteiger partial charge in [0, 0.05) is 24.2 Å². The molecule has 2 aromatic rings. The Balaban J connectivity index is 2.15. The van der Waals surface area contributed by atoms with Gasteiger partial charge in [0.25, 0.3) is 0 Å². The molecule has 0 aromatic heterocycles. The molecular weight excluding hydrogens is 267 g/mol. The molecule has 0 radical (unpaired) electrons. The summed E-state index contributed by atoms with van der Waals surface area (Å²) in [5.41, 5.74) is 0.716. The highest BCUT2D eigenvalue weighted by Gasteiger charge is 2.10. The maximum Gasteiger partial charge on any atom is 0.161 e. The van der Waals surface area contributed by atoms with Crippen LogP contribution in [0.25, 0.3) is 0 Å². The lowest BCUT2D eigenvalue weighted by molar-refractivity contribution is 0.337. The molecule has 0 saturated heterocycles. The summed E-state index contributed by atoms with van der Waals surface area (Å²) in [6, 6.07) is 8.58. The summed E-state index contributed by atoms with van der Waals surface area (Å²) in [6.45, 7) is 2.62. The van der Waals surface area contributed by atoms with Crippen molar-refractivity contribution in [2.75, 3.05) is 11.9 Å². The minimum Gasteiger partial charge on any atom is -0.494 e. The average Bonchev–Trinajstić information content (AvgIpc) is 2.43. The van der Waals surface area contributed by atoms with Crippen LogP contribution in [0.3, 0.4) is 0 Å². The fourth-order valence-electron chi connectivity index (χ4n) is 1.79. The largest absolute Gasteiger partial charge is 0.494 e. The van der Waals surface area contributed by atoms with Crippen LogP contribution in [-0.2, 0) is 6.54 Å². The molecule has 2 nitrogen and oxygen atoms in total. The van der Waals surface area contributed by atoms with E-state index in [-0.39, 0.29) is 12.2 Å². The first-order chi connectivity index (χ1) is 9.61. The topological polar surface area (TPSA) is 21.3 Å². The summed E-state index contributed by atoms with van der Waals surface area (Å²) < 4.78 is 44.8. The van der Waals surface area contributed by atoms with Gasteiger partial charge in [-0.3, -0.25) is 0 Å². The van der Waals surface area contributed by atoms with E-state index in [0.717, 1.165) is 11.6 Å². The van der Waals surface area contributed by atoms with E-state index < -0.39 is 17.5 Å². The monoisotopic (exact) mass is 281 g/mol. The van der Waals surface area contributed by atoms with Crippen molar-refractivity contribution in [2.45, 2.75) is 13.5 Å². The van der Waals surface area contributed by atoms with Crippen molar-refractivity contribution < 1.29 is 17.9 Å². The molecule has 5 heteroatoms. The molecule has 0 aliphatic heterocycles. The lowest BCUT2D eigenvalue weighted by Crippen LogP contribution is -2.05. The number of halogens is 3. The van der Waals surface area contributed by atoms with Crippen LogP contribution >= 0.6 is 0 Å². The van der Waals surface area contributed by atoms with E-state index in [9.17, 15) is 13.2 Å². The van der Waals surface area contributed by atoms with Crippen molar-refractivity contribution in [1.82, 2.24) is 0 Å². The van der Waals surface area contributed by atoms with Crippen LogP contribution in [0.15, 0.2) is 36.4 Å². The van der Waals surface area contributed by atoms with E-state index in [0.29, 0.717) is 18.4 Å². The fraction of sp³-hybridized carbons (Fsp3) is 0.200. The predicted molar refractivity (Wildman–Crippen MR) is 71.3 cm³/mol. The van der Waals surface area contributed by atoms with Gasteiger partial charge in [0.15, 0.2) is 11.6 Å². The van der Waals surface area contributed by atoms with Crippen molar-refractivity contribution in [1.29, 1.82) is 0 Å². The predicted octanol–water partition coefficient (Wildman–Crippen LogP) is 4.11. The van der Waals surface area contributed by atoms with Crippen LogP contribution in [0.4, 0.5) is 18.9 Å². The summed E-state index contributed by atoms with van der Waals surface area (Å²) in [6.07, 6.45) is 0. The van der Waals surface area contributed by atoms with Crippen LogP contribution in [0.1, 0.15) is 12.5 Å². The second-order valence-electron chi connectivity index (χ2n) is 4.14. The Morgan fingerprint density at radius 1 is 1.00 bits per heavy atom. The molecule has 2 aromatic carbocycles. The van der Waals surface area contributed by atoms with E-state index in [2.05, 4.69) is 5.32 Å². The average molecular weight is 281 g/mol. The third kappa shape index (κ3) is 3.23. The molecular formula is C15H14F3NO. The first-order valence-corrected chi connectivity index (χ1v) is 6.21. The van der Waals surface area contributed by atoms with Crippen molar-refractivity contribution >= 4 is 5.69 Å². The van der Waals surface area contributed by atoms with Crippen LogP contribution < -0.4 is 10.1 Å². The first-order valence-electron chi connectivity index (χ1n) is 6.21.